The predicted octanol–water partition coefficient (Wildman–Crippen LogP) is 6.24. The Morgan fingerprint density at radius 3 is 2.44 bits per heavy atom. The van der Waals surface area contributed by atoms with Crippen molar-refractivity contribution < 1.29 is 50.3 Å². The Hall–Kier alpha value is -6.26. The number of nitrogens with one attached hydrogen (secondary N) is 3. The van der Waals surface area contributed by atoms with E-state index in [1.165, 1.54) is 12.1 Å². The van der Waals surface area contributed by atoms with Gasteiger partial charge >= 0.3 is 12.0 Å². The molecular formula is C53H67FN10O9S2. The number of rotatable bonds is 20. The molecule has 1 aliphatic carbocycles. The van der Waals surface area contributed by atoms with Gasteiger partial charge in [0.15, 0.2) is 0 Å². The molecule has 0 radical (unpaired) electrons. The molecule has 1 aromatic heterocycles. The number of hydrogen-bond donors (Lipinski definition) is 3. The van der Waals surface area contributed by atoms with Crippen LogP contribution in [0, 0.1) is 11.7 Å². The molecule has 0 spiro atoms. The zero-order chi connectivity index (χ0) is 54.9. The summed E-state index contributed by atoms with van der Waals surface area (Å²) < 4.78 is 37.2. The van der Waals surface area contributed by atoms with Crippen LogP contribution in [-0.2, 0) is 40.1 Å². The molecule has 5 heterocycles. The number of aromatic nitrogens is 1. The number of amides is 7. The second kappa shape index (κ2) is 25.5. The van der Waals surface area contributed by atoms with Crippen molar-refractivity contribution in [1.82, 2.24) is 35.5 Å². The van der Waals surface area contributed by atoms with Crippen molar-refractivity contribution in [2.24, 2.45) is 11.0 Å². The molecule has 0 bridgehead atoms. The number of urea groups is 1. The second-order valence-corrected chi connectivity index (χ2v) is 23.0. The number of nitrogens with zero attached hydrogens (tertiary/aromatic N) is 7. The summed E-state index contributed by atoms with van der Waals surface area (Å²) in [5.74, 6) is -3.30. The van der Waals surface area contributed by atoms with Gasteiger partial charge in [0.2, 0.25) is 17.7 Å². The molecular weight excluding hydrogens is 1000 g/mol. The van der Waals surface area contributed by atoms with Gasteiger partial charge in [-0.15, -0.1) is 5.06 Å². The number of likely N-dealkylation sites (tertiary alicyclic amines) is 1. The van der Waals surface area contributed by atoms with Gasteiger partial charge in [0.25, 0.3) is 11.8 Å². The minimum atomic E-state index is -1.74. The molecule has 2 atom stereocenters. The van der Waals surface area contributed by atoms with Gasteiger partial charge in [0.05, 0.1) is 18.7 Å². The van der Waals surface area contributed by atoms with Crippen LogP contribution in [0.3, 0.4) is 0 Å². The minimum absolute atomic E-state index is 0.0237. The van der Waals surface area contributed by atoms with Gasteiger partial charge in [-0.2, -0.15) is 5.10 Å². The molecule has 4 fully saturated rings. The van der Waals surface area contributed by atoms with Crippen molar-refractivity contribution in [2.45, 2.75) is 108 Å². The Balaban J connectivity index is 0.684. The fourth-order valence-electron chi connectivity index (χ4n) is 9.56. The summed E-state index contributed by atoms with van der Waals surface area (Å²) in [6.07, 6.45) is 5.43. The molecule has 3 N–H and O–H groups in total. The first-order chi connectivity index (χ1) is 36.9. The SMILES string of the molecule is [2H]C1([2H])C(C(=O)Nc2ccc(CNC(=O)N3CCC(N4CCN(C(=O)CCSSC(C)(C)CC(=O)N/N=C5\CCCN(C)c6cc(OCCCC(=O)ON7C(=O)CCC7=O)ccc65)CC4)CC3)c(F)c2)C1c1cccnc1. The molecule has 8 rings (SSSR count). The zero-order valence-corrected chi connectivity index (χ0v) is 44.3. The average molecular weight is 1070 g/mol. The summed E-state index contributed by atoms with van der Waals surface area (Å²) in [5.41, 5.74) is 6.40. The fraction of sp³-hybridized carbons (Fsp3) is 0.528. The van der Waals surface area contributed by atoms with Crippen molar-refractivity contribution in [3.8, 4) is 5.75 Å². The van der Waals surface area contributed by atoms with Crippen LogP contribution >= 0.6 is 21.6 Å². The van der Waals surface area contributed by atoms with E-state index in [2.05, 4.69) is 35.9 Å². The van der Waals surface area contributed by atoms with Gasteiger partial charge in [-0.05, 0) is 94.1 Å². The lowest BCUT2D eigenvalue weighted by molar-refractivity contribution is -0.197. The Morgan fingerprint density at radius 2 is 1.71 bits per heavy atom. The zero-order valence-electron chi connectivity index (χ0n) is 44.6. The van der Waals surface area contributed by atoms with Crippen LogP contribution in [0.1, 0.15) is 110 Å². The highest BCUT2D eigenvalue weighted by Crippen LogP contribution is 2.48. The van der Waals surface area contributed by atoms with Gasteiger partial charge in [0, 0.05) is 151 Å². The molecule has 2 aromatic carbocycles. The maximum atomic E-state index is 15.1. The van der Waals surface area contributed by atoms with E-state index in [9.17, 15) is 33.6 Å². The Bertz CT molecular complexity index is 2690. The first-order valence-electron chi connectivity index (χ1n) is 26.6. The van der Waals surface area contributed by atoms with E-state index in [1.54, 1.807) is 57.1 Å². The lowest BCUT2D eigenvalue weighted by Gasteiger charge is -2.42. The van der Waals surface area contributed by atoms with E-state index in [0.717, 1.165) is 55.9 Å². The third-order valence-corrected chi connectivity index (χ3v) is 17.1. The van der Waals surface area contributed by atoms with Crippen molar-refractivity contribution >= 4 is 80.2 Å². The van der Waals surface area contributed by atoms with Crippen LogP contribution in [0.15, 0.2) is 66.0 Å². The van der Waals surface area contributed by atoms with E-state index in [1.807, 2.05) is 44.0 Å². The second-order valence-electron chi connectivity index (χ2n) is 19.9. The van der Waals surface area contributed by atoms with E-state index >= 15 is 4.39 Å². The number of piperazine rings is 1. The van der Waals surface area contributed by atoms with E-state index in [0.29, 0.717) is 67.6 Å². The smallest absolute Gasteiger partial charge is 0.333 e. The molecule has 7 amide bonds. The summed E-state index contributed by atoms with van der Waals surface area (Å²) in [6.45, 7) is 8.81. The van der Waals surface area contributed by atoms with Gasteiger partial charge in [-0.1, -0.05) is 33.7 Å². The molecule has 75 heavy (non-hydrogen) atoms. The van der Waals surface area contributed by atoms with E-state index in [4.69, 9.17) is 12.3 Å². The largest absolute Gasteiger partial charge is 0.494 e. The molecule has 3 saturated heterocycles. The number of hydrazone groups is 1. The third-order valence-electron chi connectivity index (χ3n) is 13.8. The summed E-state index contributed by atoms with van der Waals surface area (Å²) in [7, 11) is 5.13. The summed E-state index contributed by atoms with van der Waals surface area (Å²) in [4.78, 5) is 105. The van der Waals surface area contributed by atoms with Crippen LogP contribution in [0.5, 0.6) is 5.75 Å². The molecule has 5 aliphatic rings. The van der Waals surface area contributed by atoms with Crippen molar-refractivity contribution in [1.29, 1.82) is 0 Å². The maximum absolute atomic E-state index is 15.1. The van der Waals surface area contributed by atoms with Gasteiger partial charge in [0.1, 0.15) is 11.6 Å². The minimum Gasteiger partial charge on any atom is -0.494 e. The first kappa shape index (κ1) is 52.2. The normalized spacial score (nSPS) is 20.9. The summed E-state index contributed by atoms with van der Waals surface area (Å²) in [6, 6.07) is 13.3. The number of carbonyl (C=O) groups excluding carboxylic acids is 7. The quantitative estimate of drug-likeness (QED) is 0.0495. The Labute approximate surface area is 447 Å². The predicted molar refractivity (Wildman–Crippen MR) is 284 cm³/mol. The maximum Gasteiger partial charge on any atom is 0.333 e. The summed E-state index contributed by atoms with van der Waals surface area (Å²) in [5, 5.41) is 10.6. The third kappa shape index (κ3) is 15.2. The number of carbonyl (C=O) groups is 7. The number of ether oxygens (including phenoxy) is 1. The highest BCUT2D eigenvalue weighted by Gasteiger charge is 2.44. The number of hydrogen-bond acceptors (Lipinski definition) is 15. The van der Waals surface area contributed by atoms with E-state index < -0.39 is 52.5 Å². The topological polar surface area (TPSA) is 215 Å². The number of pyridine rings is 1. The Kier molecular flexibility index (Phi) is 17.8. The molecule has 1 saturated carbocycles. The molecule has 4 aliphatic heterocycles. The average Bonchev–Trinajstić information content (AvgIpc) is 4.07. The fourth-order valence-corrected chi connectivity index (χ4v) is 12.0. The van der Waals surface area contributed by atoms with Crippen molar-refractivity contribution in [2.75, 3.05) is 75.4 Å². The van der Waals surface area contributed by atoms with Crippen LogP contribution in [0.25, 0.3) is 0 Å². The first-order valence-corrected chi connectivity index (χ1v) is 27.9. The molecule has 3 aromatic rings. The van der Waals surface area contributed by atoms with Crippen LogP contribution in [-0.4, -0.2) is 148 Å². The highest BCUT2D eigenvalue weighted by molar-refractivity contribution is 8.77. The monoisotopic (exact) mass is 1070 g/mol. The number of benzene rings is 2. The van der Waals surface area contributed by atoms with Crippen LogP contribution in [0.4, 0.5) is 20.6 Å². The number of piperidine rings is 1. The van der Waals surface area contributed by atoms with Crippen LogP contribution < -0.4 is 25.7 Å². The standard InChI is InChI=1S/C53H67FN10O9S2/c1-53(2,32-46(65)59-58-44-8-5-20-60(3)45-30-39(12-13-40(44)45)72-27-6-9-50(69)73-64-48(67)14-15-49(64)68)75-74-28-18-47(66)62-25-23-61(24-26-62)38-16-21-63(22-17-38)52(71)56-34-36-10-11-37(29-43(36)54)57-51(70)42-31-41(42)35-7-4-19-55-33-35/h4,7,10-13,19,29-30,33,38,41-42H,5-6,8-9,14-18,20-28,31-32,34H2,1-3H3,(H,56,71)(H,57,70)(H,59,65)/b58-44+/i31D2. The van der Waals surface area contributed by atoms with Crippen molar-refractivity contribution in [3.05, 3.63) is 83.4 Å². The molecule has 402 valence electrons. The van der Waals surface area contributed by atoms with Crippen molar-refractivity contribution in [3.63, 3.8) is 0 Å². The lowest BCUT2D eigenvalue weighted by Crippen LogP contribution is -2.55. The van der Waals surface area contributed by atoms with E-state index in [-0.39, 0.29) is 74.0 Å². The Morgan fingerprint density at radius 1 is 0.933 bits per heavy atom. The molecule has 19 nitrogen and oxygen atoms in total. The lowest BCUT2D eigenvalue weighted by atomic mass is 10.0. The van der Waals surface area contributed by atoms with Gasteiger partial charge in [-0.25, -0.2) is 19.4 Å². The number of hydroxylamine groups is 2. The highest BCUT2D eigenvalue weighted by atomic mass is 33.1. The van der Waals surface area contributed by atoms with Gasteiger partial charge in [-0.3, -0.25) is 33.9 Å². The van der Waals surface area contributed by atoms with Crippen LogP contribution in [0.2, 0.25) is 0 Å². The number of halogens is 1. The van der Waals surface area contributed by atoms with Gasteiger partial charge < -0.3 is 34.9 Å². The number of imide groups is 1. The summed E-state index contributed by atoms with van der Waals surface area (Å²) >= 11 is 0. The molecule has 2 unspecified atom stereocenters. The molecule has 22 heteroatoms. The number of fused-ring (bicyclic) bond motifs is 1. The number of anilines is 2.